The summed E-state index contributed by atoms with van der Waals surface area (Å²) in [5, 5.41) is 13.1. The highest BCUT2D eigenvalue weighted by molar-refractivity contribution is 5.81. The number of benzene rings is 1. The molecule has 1 aromatic rings. The topological polar surface area (TPSA) is 52.6 Å². The number of carbonyl (C=O) groups excluding carboxylic acids is 1. The van der Waals surface area contributed by atoms with Crippen LogP contribution in [0.4, 0.5) is 0 Å². The summed E-state index contributed by atoms with van der Waals surface area (Å²) in [4.78, 5) is 14.3. The lowest BCUT2D eigenvalue weighted by atomic mass is 10.1. The highest BCUT2D eigenvalue weighted by Crippen LogP contribution is 2.23. The molecule has 1 aliphatic rings. The van der Waals surface area contributed by atoms with Crippen LogP contribution in [0.15, 0.2) is 24.3 Å². The van der Waals surface area contributed by atoms with E-state index in [4.69, 9.17) is 0 Å². The predicted octanol–water partition coefficient (Wildman–Crippen LogP) is 2.44. The molecule has 2 rings (SSSR count). The molecule has 110 valence electrons. The Balaban J connectivity index is 1.95. The average molecular weight is 276 g/mol. The summed E-state index contributed by atoms with van der Waals surface area (Å²) in [6, 6.07) is 6.95. The summed E-state index contributed by atoms with van der Waals surface area (Å²) in [6.07, 6.45) is 3.43. The lowest BCUT2D eigenvalue weighted by molar-refractivity contribution is -0.134. The summed E-state index contributed by atoms with van der Waals surface area (Å²) >= 11 is 0. The van der Waals surface area contributed by atoms with Gasteiger partial charge in [0.15, 0.2) is 0 Å². The second-order valence-corrected chi connectivity index (χ2v) is 5.55. The normalized spacial score (nSPS) is 18.6. The number of piperidine rings is 1. The minimum Gasteiger partial charge on any atom is -0.508 e. The maximum Gasteiger partial charge on any atom is 0.239 e. The second kappa shape index (κ2) is 6.75. The van der Waals surface area contributed by atoms with Crippen LogP contribution in [0.2, 0.25) is 0 Å². The molecule has 4 heteroatoms. The molecule has 0 spiro atoms. The van der Waals surface area contributed by atoms with E-state index in [-0.39, 0.29) is 23.7 Å². The number of phenols is 1. The fourth-order valence-corrected chi connectivity index (χ4v) is 2.78. The van der Waals surface area contributed by atoms with Gasteiger partial charge >= 0.3 is 0 Å². The number of rotatable bonds is 4. The molecule has 2 N–H and O–H groups in total. The number of carbonyl (C=O) groups is 1. The van der Waals surface area contributed by atoms with Gasteiger partial charge in [0.25, 0.3) is 0 Å². The number of amides is 1. The number of nitrogens with zero attached hydrogens (tertiary/aromatic N) is 1. The summed E-state index contributed by atoms with van der Waals surface area (Å²) in [5.74, 6) is 0.428. The molecule has 1 saturated heterocycles. The van der Waals surface area contributed by atoms with Crippen molar-refractivity contribution >= 4 is 5.91 Å². The second-order valence-electron chi connectivity index (χ2n) is 5.55. The lowest BCUT2D eigenvalue weighted by Crippen LogP contribution is -2.47. The zero-order valence-electron chi connectivity index (χ0n) is 12.3. The van der Waals surface area contributed by atoms with Crippen LogP contribution in [0.5, 0.6) is 5.75 Å². The molecule has 1 amide bonds. The summed E-state index contributed by atoms with van der Waals surface area (Å²) < 4.78 is 0. The molecule has 1 aliphatic heterocycles. The highest BCUT2D eigenvalue weighted by Gasteiger charge is 2.23. The van der Waals surface area contributed by atoms with E-state index in [0.29, 0.717) is 0 Å². The summed E-state index contributed by atoms with van der Waals surface area (Å²) in [7, 11) is 0. The summed E-state index contributed by atoms with van der Waals surface area (Å²) in [5.41, 5.74) is 0.825. The van der Waals surface area contributed by atoms with Crippen LogP contribution < -0.4 is 5.32 Å². The molecule has 0 radical (unpaired) electrons. The first-order chi connectivity index (χ1) is 9.59. The van der Waals surface area contributed by atoms with E-state index in [0.717, 1.165) is 31.5 Å². The number of para-hydroxylation sites is 1. The van der Waals surface area contributed by atoms with Crippen molar-refractivity contribution in [3.05, 3.63) is 29.8 Å². The third-order valence-electron chi connectivity index (χ3n) is 3.94. The third-order valence-corrected chi connectivity index (χ3v) is 3.94. The summed E-state index contributed by atoms with van der Waals surface area (Å²) in [6.45, 7) is 5.61. The molecule has 1 fully saturated rings. The molecule has 4 nitrogen and oxygen atoms in total. The monoisotopic (exact) mass is 276 g/mol. The Morgan fingerprint density at radius 1 is 1.20 bits per heavy atom. The van der Waals surface area contributed by atoms with Crippen LogP contribution in [-0.2, 0) is 4.79 Å². The van der Waals surface area contributed by atoms with E-state index >= 15 is 0 Å². The van der Waals surface area contributed by atoms with Gasteiger partial charge in [0.05, 0.1) is 6.04 Å². The van der Waals surface area contributed by atoms with Crippen molar-refractivity contribution in [1.29, 1.82) is 0 Å². The largest absolute Gasteiger partial charge is 0.508 e. The van der Waals surface area contributed by atoms with E-state index in [9.17, 15) is 9.90 Å². The van der Waals surface area contributed by atoms with Crippen LogP contribution in [0.3, 0.4) is 0 Å². The van der Waals surface area contributed by atoms with Crippen molar-refractivity contribution in [1.82, 2.24) is 10.2 Å². The fraction of sp³-hybridized carbons (Fsp3) is 0.562. The number of hydrogen-bond acceptors (Lipinski definition) is 3. The Kier molecular flexibility index (Phi) is 5.01. The van der Waals surface area contributed by atoms with Gasteiger partial charge in [-0.2, -0.15) is 0 Å². The zero-order valence-corrected chi connectivity index (χ0v) is 12.3. The molecule has 1 heterocycles. The molecule has 2 atom stereocenters. The van der Waals surface area contributed by atoms with Gasteiger partial charge in [0, 0.05) is 24.7 Å². The Morgan fingerprint density at radius 2 is 1.85 bits per heavy atom. The minimum atomic E-state index is -0.234. The quantitative estimate of drug-likeness (QED) is 0.888. The van der Waals surface area contributed by atoms with Gasteiger partial charge in [-0.05, 0) is 39.2 Å². The van der Waals surface area contributed by atoms with E-state index in [1.54, 1.807) is 12.1 Å². The maximum absolute atomic E-state index is 12.4. The van der Waals surface area contributed by atoms with Crippen molar-refractivity contribution < 1.29 is 9.90 Å². The third kappa shape index (κ3) is 3.51. The van der Waals surface area contributed by atoms with Crippen LogP contribution in [0, 0.1) is 0 Å². The van der Waals surface area contributed by atoms with E-state index in [1.165, 1.54) is 6.42 Å². The van der Waals surface area contributed by atoms with Gasteiger partial charge in [-0.1, -0.05) is 18.2 Å². The minimum absolute atomic E-state index is 0.0556. The molecular weight excluding hydrogens is 252 g/mol. The van der Waals surface area contributed by atoms with Crippen LogP contribution in [0.1, 0.15) is 44.7 Å². The molecule has 2 unspecified atom stereocenters. The standard InChI is InChI=1S/C16H24N2O2/c1-12(14-8-4-5-9-15(14)19)17-13(2)16(20)18-10-6-3-7-11-18/h4-5,8-9,12-13,17,19H,3,6-7,10-11H2,1-2H3. The molecule has 1 aromatic carbocycles. The van der Waals surface area contributed by atoms with Crippen molar-refractivity contribution in [2.75, 3.05) is 13.1 Å². The first kappa shape index (κ1) is 14.9. The van der Waals surface area contributed by atoms with Gasteiger partial charge in [-0.3, -0.25) is 10.1 Å². The van der Waals surface area contributed by atoms with E-state index in [1.807, 2.05) is 30.9 Å². The average Bonchev–Trinajstić information content (AvgIpc) is 2.47. The molecular formula is C16H24N2O2. The molecule has 0 aromatic heterocycles. The Hall–Kier alpha value is -1.55. The Morgan fingerprint density at radius 3 is 2.50 bits per heavy atom. The van der Waals surface area contributed by atoms with Crippen molar-refractivity contribution in [2.45, 2.75) is 45.2 Å². The Labute approximate surface area is 120 Å². The van der Waals surface area contributed by atoms with Gasteiger partial charge in [-0.15, -0.1) is 0 Å². The molecule has 0 aliphatic carbocycles. The van der Waals surface area contributed by atoms with Crippen molar-refractivity contribution in [3.8, 4) is 5.75 Å². The van der Waals surface area contributed by atoms with Crippen LogP contribution >= 0.6 is 0 Å². The van der Waals surface area contributed by atoms with Crippen molar-refractivity contribution in [2.24, 2.45) is 0 Å². The highest BCUT2D eigenvalue weighted by atomic mass is 16.3. The van der Waals surface area contributed by atoms with E-state index in [2.05, 4.69) is 5.32 Å². The first-order valence-corrected chi connectivity index (χ1v) is 7.42. The fourth-order valence-electron chi connectivity index (χ4n) is 2.78. The zero-order chi connectivity index (χ0) is 14.5. The maximum atomic E-state index is 12.4. The molecule has 0 bridgehead atoms. The predicted molar refractivity (Wildman–Crippen MR) is 79.6 cm³/mol. The van der Waals surface area contributed by atoms with Crippen molar-refractivity contribution in [3.63, 3.8) is 0 Å². The van der Waals surface area contributed by atoms with Gasteiger partial charge in [0.2, 0.25) is 5.91 Å². The SMILES string of the molecule is CC(NC(C)c1ccccc1O)C(=O)N1CCCCC1. The lowest BCUT2D eigenvalue weighted by Gasteiger charge is -2.30. The molecule has 0 saturated carbocycles. The number of phenolic OH excluding ortho intramolecular Hbond substituents is 1. The van der Waals surface area contributed by atoms with Gasteiger partial charge in [0.1, 0.15) is 5.75 Å². The number of hydrogen-bond donors (Lipinski definition) is 2. The number of nitrogens with one attached hydrogen (secondary N) is 1. The van der Waals surface area contributed by atoms with Gasteiger partial charge < -0.3 is 10.0 Å². The van der Waals surface area contributed by atoms with Crippen LogP contribution in [0.25, 0.3) is 0 Å². The van der Waals surface area contributed by atoms with Crippen LogP contribution in [-0.4, -0.2) is 35.0 Å². The van der Waals surface area contributed by atoms with Gasteiger partial charge in [-0.25, -0.2) is 0 Å². The number of aromatic hydroxyl groups is 1. The molecule has 20 heavy (non-hydrogen) atoms. The number of likely N-dealkylation sites (tertiary alicyclic amines) is 1. The van der Waals surface area contributed by atoms with E-state index < -0.39 is 0 Å². The first-order valence-electron chi connectivity index (χ1n) is 7.42. The Bertz CT molecular complexity index is 456. The smallest absolute Gasteiger partial charge is 0.239 e.